The maximum atomic E-state index is 3.66. The number of thiophene rings is 1. The quantitative estimate of drug-likeness (QED) is 0.841. The maximum Gasteiger partial charge on any atom is 0.0302 e. The van der Waals surface area contributed by atoms with Crippen LogP contribution in [0.5, 0.6) is 0 Å². The van der Waals surface area contributed by atoms with E-state index in [1.807, 2.05) is 11.3 Å². The molecule has 1 fully saturated rings. The first-order valence-corrected chi connectivity index (χ1v) is 8.41. The molecule has 1 N–H and O–H groups in total. The van der Waals surface area contributed by atoms with Crippen molar-refractivity contribution in [2.75, 3.05) is 0 Å². The van der Waals surface area contributed by atoms with Gasteiger partial charge in [-0.3, -0.25) is 0 Å². The van der Waals surface area contributed by atoms with E-state index < -0.39 is 0 Å². The van der Waals surface area contributed by atoms with E-state index in [0.29, 0.717) is 6.04 Å². The summed E-state index contributed by atoms with van der Waals surface area (Å²) in [5.41, 5.74) is 2.98. The van der Waals surface area contributed by atoms with Crippen molar-refractivity contribution in [3.05, 3.63) is 56.2 Å². The van der Waals surface area contributed by atoms with Crippen molar-refractivity contribution in [2.24, 2.45) is 0 Å². The van der Waals surface area contributed by atoms with Crippen LogP contribution in [0.4, 0.5) is 0 Å². The SMILES string of the molecule is Cc1ccccc1C1CC(NCc2cc(Br)cs2)C1. The first kappa shape index (κ1) is 13.3. The highest BCUT2D eigenvalue weighted by Crippen LogP contribution is 2.38. The molecule has 1 aromatic carbocycles. The average Bonchev–Trinajstić information content (AvgIpc) is 2.75. The van der Waals surface area contributed by atoms with Crippen molar-refractivity contribution in [3.8, 4) is 0 Å². The van der Waals surface area contributed by atoms with E-state index in [0.717, 1.165) is 12.5 Å². The van der Waals surface area contributed by atoms with Crippen molar-refractivity contribution in [3.63, 3.8) is 0 Å². The Kier molecular flexibility index (Phi) is 4.06. The highest BCUT2D eigenvalue weighted by atomic mass is 79.9. The molecule has 100 valence electrons. The van der Waals surface area contributed by atoms with Crippen LogP contribution in [0.25, 0.3) is 0 Å². The highest BCUT2D eigenvalue weighted by Gasteiger charge is 2.30. The molecular weight excluding hydrogens is 318 g/mol. The van der Waals surface area contributed by atoms with Crippen molar-refractivity contribution < 1.29 is 0 Å². The third-order valence-corrected chi connectivity index (χ3v) is 5.65. The molecule has 1 aliphatic carbocycles. The van der Waals surface area contributed by atoms with Crippen LogP contribution in [0, 0.1) is 6.92 Å². The fourth-order valence-electron chi connectivity index (χ4n) is 2.77. The second-order valence-electron chi connectivity index (χ2n) is 5.33. The Bertz CT molecular complexity index is 557. The van der Waals surface area contributed by atoms with Gasteiger partial charge in [-0.1, -0.05) is 24.3 Å². The first-order chi connectivity index (χ1) is 9.22. The van der Waals surface area contributed by atoms with Gasteiger partial charge in [-0.25, -0.2) is 0 Å². The topological polar surface area (TPSA) is 12.0 Å². The lowest BCUT2D eigenvalue weighted by atomic mass is 9.74. The maximum absolute atomic E-state index is 3.66. The molecule has 0 saturated heterocycles. The minimum Gasteiger partial charge on any atom is -0.309 e. The molecule has 0 aliphatic heterocycles. The second-order valence-corrected chi connectivity index (χ2v) is 7.25. The first-order valence-electron chi connectivity index (χ1n) is 6.74. The summed E-state index contributed by atoms with van der Waals surface area (Å²) in [6.07, 6.45) is 2.55. The predicted molar refractivity (Wildman–Crippen MR) is 85.8 cm³/mol. The van der Waals surface area contributed by atoms with E-state index in [9.17, 15) is 0 Å². The predicted octanol–water partition coefficient (Wildman–Crippen LogP) is 4.85. The highest BCUT2D eigenvalue weighted by molar-refractivity contribution is 9.10. The molecule has 19 heavy (non-hydrogen) atoms. The van der Waals surface area contributed by atoms with Crippen LogP contribution in [0.15, 0.2) is 40.2 Å². The molecule has 1 saturated carbocycles. The van der Waals surface area contributed by atoms with Gasteiger partial charge in [-0.2, -0.15) is 0 Å². The molecule has 0 atom stereocenters. The minimum atomic E-state index is 0.686. The normalized spacial score (nSPS) is 22.2. The van der Waals surface area contributed by atoms with Gasteiger partial charge in [0.1, 0.15) is 0 Å². The molecule has 0 spiro atoms. The Balaban J connectivity index is 1.49. The van der Waals surface area contributed by atoms with Gasteiger partial charge in [0.25, 0.3) is 0 Å². The van der Waals surface area contributed by atoms with Crippen LogP contribution >= 0.6 is 27.3 Å². The van der Waals surface area contributed by atoms with Gasteiger partial charge >= 0.3 is 0 Å². The Morgan fingerprint density at radius 1 is 1.32 bits per heavy atom. The lowest BCUT2D eigenvalue weighted by molar-refractivity contribution is 0.289. The van der Waals surface area contributed by atoms with Crippen molar-refractivity contribution in [2.45, 2.75) is 38.3 Å². The third kappa shape index (κ3) is 3.10. The molecule has 0 amide bonds. The van der Waals surface area contributed by atoms with E-state index in [-0.39, 0.29) is 0 Å². The summed E-state index contributed by atoms with van der Waals surface area (Å²) in [6.45, 7) is 3.22. The minimum absolute atomic E-state index is 0.686. The third-order valence-electron chi connectivity index (χ3n) is 3.95. The fourth-order valence-corrected chi connectivity index (χ4v) is 4.18. The van der Waals surface area contributed by atoms with Crippen molar-refractivity contribution in [1.29, 1.82) is 0 Å². The molecule has 1 aromatic heterocycles. The summed E-state index contributed by atoms with van der Waals surface area (Å²) in [6, 6.07) is 11.7. The Labute approximate surface area is 127 Å². The average molecular weight is 336 g/mol. The Morgan fingerprint density at radius 2 is 2.11 bits per heavy atom. The number of benzene rings is 1. The van der Waals surface area contributed by atoms with Crippen molar-refractivity contribution >= 4 is 27.3 Å². The van der Waals surface area contributed by atoms with Crippen LogP contribution < -0.4 is 5.32 Å². The monoisotopic (exact) mass is 335 g/mol. The smallest absolute Gasteiger partial charge is 0.0302 e. The lowest BCUT2D eigenvalue weighted by Gasteiger charge is -2.37. The van der Waals surface area contributed by atoms with Crippen LogP contribution in [-0.2, 0) is 6.54 Å². The van der Waals surface area contributed by atoms with Crippen LogP contribution in [0.1, 0.15) is 34.8 Å². The number of rotatable bonds is 4. The largest absolute Gasteiger partial charge is 0.309 e. The van der Waals surface area contributed by atoms with Gasteiger partial charge in [-0.05, 0) is 58.8 Å². The molecule has 3 rings (SSSR count). The van der Waals surface area contributed by atoms with Crippen LogP contribution in [-0.4, -0.2) is 6.04 Å². The molecule has 0 unspecified atom stereocenters. The standard InChI is InChI=1S/C16H18BrNS/c1-11-4-2-3-5-16(11)12-6-14(7-12)18-9-15-8-13(17)10-19-15/h2-5,8,10,12,14,18H,6-7,9H2,1H3. The summed E-state index contributed by atoms with van der Waals surface area (Å²) < 4.78 is 1.20. The molecule has 0 bridgehead atoms. The number of aryl methyl sites for hydroxylation is 1. The fraction of sp³-hybridized carbons (Fsp3) is 0.375. The van der Waals surface area contributed by atoms with Crippen molar-refractivity contribution in [1.82, 2.24) is 5.32 Å². The van der Waals surface area contributed by atoms with E-state index in [2.05, 4.69) is 63.9 Å². The van der Waals surface area contributed by atoms with E-state index in [1.165, 1.54) is 27.8 Å². The summed E-state index contributed by atoms with van der Waals surface area (Å²) in [7, 11) is 0. The van der Waals surface area contributed by atoms with Gasteiger partial charge in [0, 0.05) is 27.3 Å². The van der Waals surface area contributed by atoms with E-state index in [4.69, 9.17) is 0 Å². The molecule has 2 aromatic rings. The molecular formula is C16H18BrNS. The number of hydrogen-bond donors (Lipinski definition) is 1. The molecule has 0 radical (unpaired) electrons. The molecule has 1 nitrogen and oxygen atoms in total. The van der Waals surface area contributed by atoms with Gasteiger partial charge < -0.3 is 5.32 Å². The van der Waals surface area contributed by atoms with E-state index >= 15 is 0 Å². The summed E-state index contributed by atoms with van der Waals surface area (Å²) in [5.74, 6) is 0.758. The zero-order chi connectivity index (χ0) is 13.2. The van der Waals surface area contributed by atoms with Gasteiger partial charge in [0.15, 0.2) is 0 Å². The molecule has 1 aliphatic rings. The molecule has 1 heterocycles. The zero-order valence-corrected chi connectivity index (χ0v) is 13.4. The van der Waals surface area contributed by atoms with Gasteiger partial charge in [-0.15, -0.1) is 11.3 Å². The molecule has 3 heteroatoms. The Hall–Kier alpha value is -0.640. The van der Waals surface area contributed by atoms with Gasteiger partial charge in [0.2, 0.25) is 0 Å². The lowest BCUT2D eigenvalue weighted by Crippen LogP contribution is -2.39. The van der Waals surface area contributed by atoms with Crippen LogP contribution in [0.3, 0.4) is 0 Å². The second kappa shape index (κ2) is 5.78. The summed E-state index contributed by atoms with van der Waals surface area (Å²) in [5, 5.41) is 5.80. The number of hydrogen-bond acceptors (Lipinski definition) is 2. The summed E-state index contributed by atoms with van der Waals surface area (Å²) >= 11 is 5.32. The zero-order valence-electron chi connectivity index (χ0n) is 11.0. The van der Waals surface area contributed by atoms with E-state index in [1.54, 1.807) is 5.56 Å². The summed E-state index contributed by atoms with van der Waals surface area (Å²) in [4.78, 5) is 1.41. The van der Waals surface area contributed by atoms with Crippen LogP contribution in [0.2, 0.25) is 0 Å². The van der Waals surface area contributed by atoms with Gasteiger partial charge in [0.05, 0.1) is 0 Å². The number of nitrogens with one attached hydrogen (secondary N) is 1. The number of halogens is 1. The Morgan fingerprint density at radius 3 is 2.79 bits per heavy atom.